The zero-order valence-electron chi connectivity index (χ0n) is 19.6. The summed E-state index contributed by atoms with van der Waals surface area (Å²) in [5.41, 5.74) is -2.26. The Morgan fingerprint density at radius 3 is 2.27 bits per heavy atom. The number of hydrogen-bond donors (Lipinski definition) is 1. The van der Waals surface area contributed by atoms with Crippen LogP contribution in [0.15, 0.2) is 18.3 Å². The van der Waals surface area contributed by atoms with E-state index in [0.29, 0.717) is 18.7 Å². The molecule has 1 aliphatic heterocycles. The van der Waals surface area contributed by atoms with Gasteiger partial charge in [0.25, 0.3) is 0 Å². The Morgan fingerprint density at radius 1 is 1.12 bits per heavy atom. The fraction of sp³-hybridized carbons (Fsp3) is 0.609. The third-order valence-electron chi connectivity index (χ3n) is 6.28. The second-order valence-electron chi connectivity index (χ2n) is 10.5. The summed E-state index contributed by atoms with van der Waals surface area (Å²) in [7, 11) is 0. The van der Waals surface area contributed by atoms with Crippen LogP contribution in [0.25, 0.3) is 5.52 Å². The van der Waals surface area contributed by atoms with Gasteiger partial charge in [0.2, 0.25) is 5.91 Å². The van der Waals surface area contributed by atoms with Crippen LogP contribution in [0, 0.1) is 24.7 Å². The molecule has 1 saturated heterocycles. The lowest BCUT2D eigenvalue weighted by Gasteiger charge is -2.27. The predicted molar refractivity (Wildman–Crippen MR) is 114 cm³/mol. The molecule has 2 amide bonds. The number of nitrogens with one attached hydrogen (secondary N) is 1. The molecule has 2 aliphatic rings. The highest BCUT2D eigenvalue weighted by molar-refractivity contribution is 5.84. The first-order chi connectivity index (χ1) is 15.1. The van der Waals surface area contributed by atoms with Crippen molar-refractivity contribution in [3.63, 3.8) is 0 Å². The molecule has 4 rings (SSSR count). The highest BCUT2D eigenvalue weighted by Crippen LogP contribution is 2.52. The molecular formula is C23H29F3N4O3. The Labute approximate surface area is 190 Å². The Bertz CT molecular complexity index is 1100. The van der Waals surface area contributed by atoms with Gasteiger partial charge in [-0.2, -0.15) is 13.2 Å². The van der Waals surface area contributed by atoms with Crippen LogP contribution in [-0.2, 0) is 21.2 Å². The minimum atomic E-state index is -4.62. The van der Waals surface area contributed by atoms with Crippen LogP contribution in [0.2, 0.25) is 0 Å². The van der Waals surface area contributed by atoms with Crippen LogP contribution in [0.5, 0.6) is 0 Å². The topological polar surface area (TPSA) is 75.9 Å². The Hall–Kier alpha value is -2.78. The number of imidazole rings is 1. The smallest absolute Gasteiger partial charge is 0.435 e. The number of pyridine rings is 1. The monoisotopic (exact) mass is 466 g/mol. The number of nitrogens with zero attached hydrogens (tertiary/aromatic N) is 3. The predicted octanol–water partition coefficient (Wildman–Crippen LogP) is 4.13. The van der Waals surface area contributed by atoms with E-state index in [1.807, 2.05) is 0 Å². The maximum atomic E-state index is 13.7. The van der Waals surface area contributed by atoms with E-state index in [1.54, 1.807) is 58.6 Å². The number of carbonyl (C=O) groups excluding carboxylic acids is 2. The van der Waals surface area contributed by atoms with Gasteiger partial charge in [-0.1, -0.05) is 6.07 Å². The van der Waals surface area contributed by atoms with E-state index in [4.69, 9.17) is 4.74 Å². The summed E-state index contributed by atoms with van der Waals surface area (Å²) in [6.07, 6.45) is -3.49. The first kappa shape index (κ1) is 23.4. The molecule has 33 heavy (non-hydrogen) atoms. The number of halogens is 3. The average Bonchev–Trinajstić information content (AvgIpc) is 3.00. The van der Waals surface area contributed by atoms with Gasteiger partial charge < -0.3 is 19.4 Å². The quantitative estimate of drug-likeness (QED) is 0.738. The maximum Gasteiger partial charge on any atom is 0.435 e. The second-order valence-corrected chi connectivity index (χ2v) is 10.5. The Kier molecular flexibility index (Phi) is 5.22. The fourth-order valence-corrected chi connectivity index (χ4v) is 4.78. The number of carbonyl (C=O) groups is 2. The van der Waals surface area contributed by atoms with Crippen LogP contribution in [0.3, 0.4) is 0 Å². The van der Waals surface area contributed by atoms with E-state index in [9.17, 15) is 22.8 Å². The van der Waals surface area contributed by atoms with E-state index in [0.717, 1.165) is 0 Å². The van der Waals surface area contributed by atoms with Crippen LogP contribution < -0.4 is 5.32 Å². The summed E-state index contributed by atoms with van der Waals surface area (Å²) in [6.45, 7) is 11.1. The molecule has 1 aliphatic carbocycles. The van der Waals surface area contributed by atoms with Crippen molar-refractivity contribution in [3.05, 3.63) is 35.4 Å². The van der Waals surface area contributed by atoms with Crippen LogP contribution in [-0.4, -0.2) is 45.0 Å². The number of amides is 2. The van der Waals surface area contributed by atoms with Crippen molar-refractivity contribution in [1.29, 1.82) is 0 Å². The van der Waals surface area contributed by atoms with Crippen LogP contribution in [0.1, 0.15) is 51.7 Å². The molecule has 1 saturated carbocycles. The Morgan fingerprint density at radius 2 is 1.73 bits per heavy atom. The van der Waals surface area contributed by atoms with Gasteiger partial charge in [0.05, 0.1) is 11.1 Å². The second kappa shape index (κ2) is 7.36. The number of aromatic nitrogens is 2. The molecule has 0 bridgehead atoms. The Balaban J connectivity index is 1.49. The van der Waals surface area contributed by atoms with Gasteiger partial charge in [-0.25, -0.2) is 9.78 Å². The molecule has 0 spiro atoms. The van der Waals surface area contributed by atoms with Gasteiger partial charge in [0.15, 0.2) is 5.69 Å². The third-order valence-corrected chi connectivity index (χ3v) is 6.28. The van der Waals surface area contributed by atoms with Crippen molar-refractivity contribution in [3.8, 4) is 0 Å². The molecule has 0 radical (unpaired) electrons. The number of fused-ring (bicyclic) bond motifs is 2. The molecule has 1 N–H and O–H groups in total. The number of likely N-dealkylation sites (tertiary alicyclic amines) is 1. The highest BCUT2D eigenvalue weighted by atomic mass is 19.4. The molecule has 7 nitrogen and oxygen atoms in total. The maximum absolute atomic E-state index is 13.7. The fourth-order valence-electron chi connectivity index (χ4n) is 4.78. The van der Waals surface area contributed by atoms with Crippen molar-refractivity contribution in [1.82, 2.24) is 19.6 Å². The van der Waals surface area contributed by atoms with Crippen LogP contribution >= 0.6 is 0 Å². The number of alkyl halides is 3. The third kappa shape index (κ3) is 4.27. The molecule has 2 aromatic heterocycles. The van der Waals surface area contributed by atoms with Gasteiger partial charge in [-0.15, -0.1) is 0 Å². The lowest BCUT2D eigenvalue weighted by Crippen LogP contribution is -2.45. The first-order valence-corrected chi connectivity index (χ1v) is 11.0. The molecule has 180 valence electrons. The molecule has 3 atom stereocenters. The molecule has 2 aromatic rings. The van der Waals surface area contributed by atoms with Crippen molar-refractivity contribution in [2.45, 2.75) is 58.9 Å². The zero-order valence-corrected chi connectivity index (χ0v) is 19.6. The molecule has 10 heteroatoms. The lowest BCUT2D eigenvalue weighted by atomic mass is 10.0. The normalized spacial score (nSPS) is 22.9. The molecule has 2 fully saturated rings. The summed E-state index contributed by atoms with van der Waals surface area (Å²) < 4.78 is 47.8. The van der Waals surface area contributed by atoms with Crippen LogP contribution in [0.4, 0.5) is 18.0 Å². The SMILES string of the molecule is Cc1cccn2c(C(C)(C)NC(=O)C3C4CN(C(=O)OC(C)(C)C)C[C@H]43)nc(C(F)(F)F)c12. The standard InChI is InChI=1S/C23H29F3N4O3/c1-12-8-7-9-30-16(12)17(23(24,25)26)27-19(30)22(5,6)28-18(31)15-13-10-29(11-14(13)15)20(32)33-21(2,3)4/h7-9,13-15H,10-11H2,1-6H3,(H,28,31)/t13-,14?,15?/m1/s1. The molecule has 3 heterocycles. The van der Waals surface area contributed by atoms with Crippen molar-refractivity contribution in [2.24, 2.45) is 17.8 Å². The van der Waals surface area contributed by atoms with Gasteiger partial charge in [0, 0.05) is 25.2 Å². The number of hydrogen-bond acceptors (Lipinski definition) is 4. The lowest BCUT2D eigenvalue weighted by molar-refractivity contribution is -0.139. The summed E-state index contributed by atoms with van der Waals surface area (Å²) >= 11 is 0. The largest absolute Gasteiger partial charge is 0.444 e. The van der Waals surface area contributed by atoms with Gasteiger partial charge >= 0.3 is 12.3 Å². The van der Waals surface area contributed by atoms with E-state index in [1.165, 1.54) is 10.6 Å². The molecule has 2 unspecified atom stereocenters. The number of aryl methyl sites for hydroxylation is 1. The summed E-state index contributed by atoms with van der Waals surface area (Å²) in [5.74, 6) is -0.352. The van der Waals surface area contributed by atoms with Crippen molar-refractivity contribution in [2.75, 3.05) is 13.1 Å². The van der Waals surface area contributed by atoms with E-state index in [-0.39, 0.29) is 35.0 Å². The van der Waals surface area contributed by atoms with Gasteiger partial charge in [0.1, 0.15) is 11.4 Å². The van der Waals surface area contributed by atoms with E-state index >= 15 is 0 Å². The summed E-state index contributed by atoms with van der Waals surface area (Å²) in [6, 6.07) is 3.26. The van der Waals surface area contributed by atoms with Crippen molar-refractivity contribution < 1.29 is 27.5 Å². The minimum absolute atomic E-state index is 0.0152. The summed E-state index contributed by atoms with van der Waals surface area (Å²) in [5, 5.41) is 2.90. The zero-order chi connectivity index (χ0) is 24.5. The number of piperidine rings is 1. The number of rotatable bonds is 3. The minimum Gasteiger partial charge on any atom is -0.444 e. The van der Waals surface area contributed by atoms with Gasteiger partial charge in [-0.3, -0.25) is 4.79 Å². The first-order valence-electron chi connectivity index (χ1n) is 11.0. The molecule has 0 aromatic carbocycles. The molecular weight excluding hydrogens is 437 g/mol. The van der Waals surface area contributed by atoms with Crippen molar-refractivity contribution >= 4 is 17.5 Å². The van der Waals surface area contributed by atoms with E-state index < -0.39 is 29.1 Å². The highest BCUT2D eigenvalue weighted by Gasteiger charge is 2.61. The van der Waals surface area contributed by atoms with E-state index in [2.05, 4.69) is 10.3 Å². The summed E-state index contributed by atoms with van der Waals surface area (Å²) in [4.78, 5) is 30.8. The van der Waals surface area contributed by atoms with Gasteiger partial charge in [-0.05, 0) is 65.0 Å². The average molecular weight is 467 g/mol. The number of ether oxygens (including phenoxy) is 1.